The molecule has 0 atom stereocenters. The van der Waals surface area contributed by atoms with E-state index in [1.54, 1.807) is 16.8 Å². The van der Waals surface area contributed by atoms with Crippen LogP contribution in [0.5, 0.6) is 0 Å². The molecule has 1 aromatic heterocycles. The van der Waals surface area contributed by atoms with E-state index in [0.29, 0.717) is 10.7 Å². The molecule has 0 radical (unpaired) electrons. The van der Waals surface area contributed by atoms with Gasteiger partial charge >= 0.3 is 5.97 Å². The van der Waals surface area contributed by atoms with Crippen LogP contribution < -0.4 is 10.6 Å². The first-order chi connectivity index (χ1) is 11.6. The minimum absolute atomic E-state index is 0.108. The molecule has 1 saturated heterocycles. The summed E-state index contributed by atoms with van der Waals surface area (Å²) in [5, 5.41) is 9.80. The number of rotatable bonds is 3. The first kappa shape index (κ1) is 16.2. The molecule has 0 unspecified atom stereocenters. The van der Waals surface area contributed by atoms with Gasteiger partial charge in [-0.2, -0.15) is 5.26 Å². The zero-order valence-electron chi connectivity index (χ0n) is 13.3. The van der Waals surface area contributed by atoms with Crippen LogP contribution in [0.25, 0.3) is 5.69 Å². The van der Waals surface area contributed by atoms with E-state index in [4.69, 9.17) is 22.1 Å². The van der Waals surface area contributed by atoms with Gasteiger partial charge in [-0.25, -0.2) is 4.79 Å². The van der Waals surface area contributed by atoms with Crippen molar-refractivity contribution < 1.29 is 9.53 Å². The molecule has 1 fully saturated rings. The molecule has 2 heterocycles. The molecule has 0 spiro atoms. The van der Waals surface area contributed by atoms with Crippen molar-refractivity contribution in [2.75, 3.05) is 30.8 Å². The number of carbonyl (C=O) groups excluding carboxylic acids is 1. The smallest absolute Gasteiger partial charge is 0.357 e. The Labute approximate surface area is 145 Å². The van der Waals surface area contributed by atoms with Crippen LogP contribution in [0.15, 0.2) is 24.4 Å². The van der Waals surface area contributed by atoms with Crippen molar-refractivity contribution in [3.05, 3.63) is 40.7 Å². The molecule has 2 N–H and O–H groups in total. The van der Waals surface area contributed by atoms with Crippen molar-refractivity contribution in [2.45, 2.75) is 12.8 Å². The second-order valence-corrected chi connectivity index (χ2v) is 6.04. The SMILES string of the molecule is COC(=O)c1c(N)c(C#N)cn1-c1cc(Cl)ccc1N1CCCC1. The van der Waals surface area contributed by atoms with Crippen molar-refractivity contribution in [2.24, 2.45) is 0 Å². The molecule has 1 aromatic carbocycles. The number of esters is 1. The van der Waals surface area contributed by atoms with E-state index in [1.165, 1.54) is 7.11 Å². The summed E-state index contributed by atoms with van der Waals surface area (Å²) in [7, 11) is 1.28. The van der Waals surface area contributed by atoms with Crippen molar-refractivity contribution in [3.8, 4) is 11.8 Å². The molecule has 7 heteroatoms. The lowest BCUT2D eigenvalue weighted by molar-refractivity contribution is 0.0593. The fraction of sp³-hybridized carbons (Fsp3) is 0.294. The van der Waals surface area contributed by atoms with Crippen LogP contribution >= 0.6 is 11.6 Å². The molecule has 0 aliphatic carbocycles. The first-order valence-corrected chi connectivity index (χ1v) is 7.98. The first-order valence-electron chi connectivity index (χ1n) is 7.61. The van der Waals surface area contributed by atoms with Gasteiger partial charge in [0.1, 0.15) is 6.07 Å². The van der Waals surface area contributed by atoms with E-state index in [-0.39, 0.29) is 16.9 Å². The van der Waals surface area contributed by atoms with Crippen LogP contribution in [-0.4, -0.2) is 30.7 Å². The Morgan fingerprint density at radius 2 is 2.04 bits per heavy atom. The number of nitrogens with zero attached hydrogens (tertiary/aromatic N) is 3. The third-order valence-electron chi connectivity index (χ3n) is 4.19. The monoisotopic (exact) mass is 344 g/mol. The Balaban J connectivity index is 2.24. The molecule has 1 aliphatic rings. The standard InChI is InChI=1S/C17H17ClN4O2/c1-24-17(23)16-15(20)11(9-19)10-22(16)14-8-12(18)4-5-13(14)21-6-2-3-7-21/h4-5,8,10H,2-3,6-7,20H2,1H3. The topological polar surface area (TPSA) is 84.3 Å². The Morgan fingerprint density at radius 1 is 1.33 bits per heavy atom. The van der Waals surface area contributed by atoms with Gasteiger partial charge in [0.2, 0.25) is 0 Å². The summed E-state index contributed by atoms with van der Waals surface area (Å²) < 4.78 is 6.43. The van der Waals surface area contributed by atoms with Crippen LogP contribution in [0, 0.1) is 11.3 Å². The summed E-state index contributed by atoms with van der Waals surface area (Å²) in [6.45, 7) is 1.87. The molecular weight excluding hydrogens is 328 g/mol. The largest absolute Gasteiger partial charge is 0.464 e. The molecule has 24 heavy (non-hydrogen) atoms. The number of benzene rings is 1. The van der Waals surface area contributed by atoms with Gasteiger partial charge in [-0.1, -0.05) is 11.6 Å². The fourth-order valence-electron chi connectivity index (χ4n) is 3.02. The van der Waals surface area contributed by atoms with Gasteiger partial charge in [0.05, 0.1) is 29.7 Å². The maximum atomic E-state index is 12.2. The average Bonchev–Trinajstić information content (AvgIpc) is 3.22. The highest BCUT2D eigenvalue weighted by atomic mass is 35.5. The number of aromatic nitrogens is 1. The number of nitriles is 1. The highest BCUT2D eigenvalue weighted by molar-refractivity contribution is 6.30. The third-order valence-corrected chi connectivity index (χ3v) is 4.42. The average molecular weight is 345 g/mol. The second-order valence-electron chi connectivity index (χ2n) is 5.61. The maximum Gasteiger partial charge on any atom is 0.357 e. The number of anilines is 2. The van der Waals surface area contributed by atoms with Gasteiger partial charge < -0.3 is 19.9 Å². The van der Waals surface area contributed by atoms with Crippen molar-refractivity contribution in [1.29, 1.82) is 5.26 Å². The molecule has 124 valence electrons. The summed E-state index contributed by atoms with van der Waals surface area (Å²) >= 11 is 6.18. The van der Waals surface area contributed by atoms with Crippen molar-refractivity contribution in [1.82, 2.24) is 4.57 Å². The van der Waals surface area contributed by atoms with E-state index in [2.05, 4.69) is 4.90 Å². The Morgan fingerprint density at radius 3 is 2.67 bits per heavy atom. The number of hydrogen-bond donors (Lipinski definition) is 1. The van der Waals surface area contributed by atoms with Crippen molar-refractivity contribution >= 4 is 28.9 Å². The summed E-state index contributed by atoms with van der Waals surface area (Å²) in [6, 6.07) is 7.51. The lowest BCUT2D eigenvalue weighted by atomic mass is 10.2. The second kappa shape index (κ2) is 6.46. The predicted molar refractivity (Wildman–Crippen MR) is 92.7 cm³/mol. The summed E-state index contributed by atoms with van der Waals surface area (Å²) in [5.41, 5.74) is 8.10. The zero-order valence-corrected chi connectivity index (χ0v) is 14.0. The van der Waals surface area contributed by atoms with E-state index < -0.39 is 5.97 Å². The molecule has 6 nitrogen and oxygen atoms in total. The van der Waals surface area contributed by atoms with Gasteiger partial charge in [-0.15, -0.1) is 0 Å². The minimum atomic E-state index is -0.596. The number of hydrogen-bond acceptors (Lipinski definition) is 5. The van der Waals surface area contributed by atoms with Crippen LogP contribution in [0.3, 0.4) is 0 Å². The normalized spacial score (nSPS) is 13.8. The lowest BCUT2D eigenvalue weighted by Crippen LogP contribution is -2.20. The van der Waals surface area contributed by atoms with Gasteiger partial charge in [0, 0.05) is 24.3 Å². The Bertz CT molecular complexity index is 832. The molecule has 0 bridgehead atoms. The summed E-state index contributed by atoms with van der Waals surface area (Å²) in [4.78, 5) is 14.4. The van der Waals surface area contributed by atoms with Gasteiger partial charge in [-0.05, 0) is 31.0 Å². The number of carbonyl (C=O) groups is 1. The molecule has 1 aliphatic heterocycles. The number of halogens is 1. The van der Waals surface area contributed by atoms with E-state index in [1.807, 2.05) is 18.2 Å². The van der Waals surface area contributed by atoms with Gasteiger partial charge in [0.25, 0.3) is 0 Å². The Kier molecular flexibility index (Phi) is 4.36. The van der Waals surface area contributed by atoms with Crippen molar-refractivity contribution in [3.63, 3.8) is 0 Å². The molecule has 0 amide bonds. The zero-order chi connectivity index (χ0) is 17.3. The summed E-state index contributed by atoms with van der Waals surface area (Å²) in [6.07, 6.45) is 3.78. The predicted octanol–water partition coefficient (Wildman–Crippen LogP) is 2.97. The third kappa shape index (κ3) is 2.68. The fourth-order valence-corrected chi connectivity index (χ4v) is 3.19. The Hall–Kier alpha value is -2.65. The number of nitrogen functional groups attached to an aromatic ring is 1. The van der Waals surface area contributed by atoms with Gasteiger partial charge in [0.15, 0.2) is 5.69 Å². The highest BCUT2D eigenvalue weighted by Gasteiger charge is 2.25. The molecular formula is C17H17ClN4O2. The highest BCUT2D eigenvalue weighted by Crippen LogP contribution is 2.34. The number of methoxy groups -OCH3 is 1. The number of ether oxygens (including phenoxy) is 1. The van der Waals surface area contributed by atoms with Crippen LogP contribution in [0.2, 0.25) is 5.02 Å². The molecule has 2 aromatic rings. The van der Waals surface area contributed by atoms with Gasteiger partial charge in [-0.3, -0.25) is 0 Å². The number of nitrogens with two attached hydrogens (primary N) is 1. The quantitative estimate of drug-likeness (QED) is 0.865. The summed E-state index contributed by atoms with van der Waals surface area (Å²) in [5.74, 6) is -0.596. The van der Waals surface area contributed by atoms with Crippen LogP contribution in [-0.2, 0) is 4.74 Å². The molecule has 3 rings (SSSR count). The van der Waals surface area contributed by atoms with Crippen LogP contribution in [0.1, 0.15) is 28.9 Å². The van der Waals surface area contributed by atoms with E-state index in [9.17, 15) is 10.1 Å². The lowest BCUT2D eigenvalue weighted by Gasteiger charge is -2.23. The molecule has 0 saturated carbocycles. The van der Waals surface area contributed by atoms with E-state index >= 15 is 0 Å². The van der Waals surface area contributed by atoms with E-state index in [0.717, 1.165) is 31.6 Å². The van der Waals surface area contributed by atoms with Crippen LogP contribution in [0.4, 0.5) is 11.4 Å². The minimum Gasteiger partial charge on any atom is -0.464 e. The maximum absolute atomic E-state index is 12.2.